The molecular weight excluding hydrogens is 645 g/mol. The van der Waals surface area contributed by atoms with Crippen molar-refractivity contribution < 1.29 is 35.9 Å². The number of sulfonamides is 1. The van der Waals surface area contributed by atoms with Gasteiger partial charge in [-0.05, 0) is 74.0 Å². The van der Waals surface area contributed by atoms with Crippen LogP contribution in [-0.2, 0) is 35.7 Å². The van der Waals surface area contributed by atoms with Crippen molar-refractivity contribution in [2.45, 2.75) is 57.5 Å². The number of carbonyl (C=O) groups is 1. The molecule has 1 N–H and O–H groups in total. The second-order valence-corrected chi connectivity index (χ2v) is 15.2. The fourth-order valence-electron chi connectivity index (χ4n) is 6.67. The third-order valence-electron chi connectivity index (χ3n) is 8.91. The number of hydrogen-bond acceptors (Lipinski definition) is 7. The number of benzene rings is 2. The number of rotatable bonds is 8. The lowest BCUT2D eigenvalue weighted by molar-refractivity contribution is -0.137. The van der Waals surface area contributed by atoms with Gasteiger partial charge in [-0.25, -0.2) is 12.8 Å². The molecule has 0 aliphatic carbocycles. The average molecular weight is 679 g/mol. The van der Waals surface area contributed by atoms with E-state index in [0.29, 0.717) is 47.8 Å². The first kappa shape index (κ1) is 32.8. The SMILES string of the molecule is CC(=O)c1sc2cc(F)ccc2c1C1CCN(CC(O)Cn2nc(-c3ccc(C(F)(F)F)cc3)c3c2CCN(S(C)(=O)=O)C3)CC1. The van der Waals surface area contributed by atoms with E-state index < -0.39 is 27.9 Å². The summed E-state index contributed by atoms with van der Waals surface area (Å²) in [6.45, 7) is 3.69. The normalized spacial score (nSPS) is 17.8. The molecule has 2 aliphatic rings. The number of aliphatic hydroxyl groups is 1. The quantitative estimate of drug-likeness (QED) is 0.190. The molecule has 2 aromatic heterocycles. The number of nitrogens with zero attached hydrogens (tertiary/aromatic N) is 4. The van der Waals surface area contributed by atoms with Gasteiger partial charge in [-0.3, -0.25) is 9.48 Å². The molecule has 14 heteroatoms. The maximum absolute atomic E-state index is 13.9. The first-order chi connectivity index (χ1) is 21.7. The third kappa shape index (κ3) is 6.63. The Kier molecular flexibility index (Phi) is 8.87. The topological polar surface area (TPSA) is 95.7 Å². The Morgan fingerprint density at radius 1 is 1.09 bits per heavy atom. The van der Waals surface area contributed by atoms with Crippen LogP contribution in [0.3, 0.4) is 0 Å². The molecule has 4 aromatic rings. The van der Waals surface area contributed by atoms with E-state index in [1.807, 2.05) is 0 Å². The van der Waals surface area contributed by atoms with E-state index in [2.05, 4.69) is 10.00 Å². The molecular formula is C32H34F4N4O4S2. The lowest BCUT2D eigenvalue weighted by atomic mass is 9.87. The zero-order valence-corrected chi connectivity index (χ0v) is 27.0. The van der Waals surface area contributed by atoms with Crippen LogP contribution < -0.4 is 0 Å². The number of fused-ring (bicyclic) bond motifs is 2. The van der Waals surface area contributed by atoms with Gasteiger partial charge in [-0.15, -0.1) is 11.3 Å². The van der Waals surface area contributed by atoms with Crippen molar-refractivity contribution >= 4 is 37.2 Å². The predicted molar refractivity (Wildman–Crippen MR) is 168 cm³/mol. The van der Waals surface area contributed by atoms with Gasteiger partial charge < -0.3 is 10.0 Å². The summed E-state index contributed by atoms with van der Waals surface area (Å²) in [7, 11) is -3.51. The third-order valence-corrected chi connectivity index (χ3v) is 11.4. The summed E-state index contributed by atoms with van der Waals surface area (Å²) in [6.07, 6.45) is -2.29. The lowest BCUT2D eigenvalue weighted by Gasteiger charge is -2.33. The summed E-state index contributed by atoms with van der Waals surface area (Å²) in [5.41, 5.74) is 2.39. The number of alkyl halides is 3. The lowest BCUT2D eigenvalue weighted by Crippen LogP contribution is -2.40. The summed E-state index contributed by atoms with van der Waals surface area (Å²) in [6, 6.07) is 9.26. The molecule has 0 amide bonds. The summed E-state index contributed by atoms with van der Waals surface area (Å²) >= 11 is 1.33. The van der Waals surface area contributed by atoms with Crippen molar-refractivity contribution in [2.24, 2.45) is 0 Å². The molecule has 2 aromatic carbocycles. The zero-order chi connectivity index (χ0) is 33.0. The number of aromatic nitrogens is 2. The fourth-order valence-corrected chi connectivity index (χ4v) is 8.66. The Balaban J connectivity index is 1.18. The van der Waals surface area contributed by atoms with Gasteiger partial charge in [0.2, 0.25) is 10.0 Å². The summed E-state index contributed by atoms with van der Waals surface area (Å²) in [5.74, 6) is -0.238. The van der Waals surface area contributed by atoms with Gasteiger partial charge in [-0.2, -0.15) is 22.6 Å². The number of halogens is 4. The number of thiophene rings is 1. The van der Waals surface area contributed by atoms with Crippen LogP contribution in [0.15, 0.2) is 42.5 Å². The fraction of sp³-hybridized carbons (Fsp3) is 0.438. The van der Waals surface area contributed by atoms with Gasteiger partial charge >= 0.3 is 6.18 Å². The van der Waals surface area contributed by atoms with Gasteiger partial charge in [-0.1, -0.05) is 18.2 Å². The summed E-state index contributed by atoms with van der Waals surface area (Å²) in [4.78, 5) is 15.3. The summed E-state index contributed by atoms with van der Waals surface area (Å²) in [5, 5.41) is 16.8. The van der Waals surface area contributed by atoms with Gasteiger partial charge in [0.25, 0.3) is 0 Å². The van der Waals surface area contributed by atoms with Gasteiger partial charge in [0, 0.05) is 47.6 Å². The number of carbonyl (C=O) groups excluding carboxylic acids is 1. The highest BCUT2D eigenvalue weighted by atomic mass is 32.2. The largest absolute Gasteiger partial charge is 0.416 e. The zero-order valence-electron chi connectivity index (χ0n) is 25.3. The number of β-amino-alcohol motifs (C(OH)–C–C–N with tert-alkyl or cyclic N) is 1. The van der Waals surface area contributed by atoms with E-state index in [0.717, 1.165) is 52.6 Å². The van der Waals surface area contributed by atoms with Gasteiger partial charge in [0.1, 0.15) is 5.82 Å². The van der Waals surface area contributed by atoms with E-state index in [4.69, 9.17) is 0 Å². The molecule has 8 nitrogen and oxygen atoms in total. The van der Waals surface area contributed by atoms with Crippen LogP contribution in [0.2, 0.25) is 0 Å². The number of likely N-dealkylation sites (tertiary alicyclic amines) is 1. The highest BCUT2D eigenvalue weighted by Gasteiger charge is 2.33. The Hall–Kier alpha value is -3.17. The highest BCUT2D eigenvalue weighted by Crippen LogP contribution is 2.41. The molecule has 0 spiro atoms. The average Bonchev–Trinajstić information content (AvgIpc) is 3.55. The minimum atomic E-state index is -4.49. The number of aliphatic hydroxyl groups excluding tert-OH is 1. The van der Waals surface area contributed by atoms with Gasteiger partial charge in [0.15, 0.2) is 5.78 Å². The smallest absolute Gasteiger partial charge is 0.390 e. The van der Waals surface area contributed by atoms with Crippen molar-refractivity contribution in [3.63, 3.8) is 0 Å². The number of hydrogen-bond donors (Lipinski definition) is 1. The highest BCUT2D eigenvalue weighted by molar-refractivity contribution is 7.88. The Bertz CT molecular complexity index is 1880. The minimum Gasteiger partial charge on any atom is -0.390 e. The molecule has 4 heterocycles. The van der Waals surface area contributed by atoms with Crippen molar-refractivity contribution in [3.05, 3.63) is 75.5 Å². The molecule has 1 fully saturated rings. The van der Waals surface area contributed by atoms with E-state index >= 15 is 0 Å². The maximum Gasteiger partial charge on any atom is 0.416 e. The monoisotopic (exact) mass is 678 g/mol. The van der Waals surface area contributed by atoms with E-state index in [1.54, 1.807) is 10.7 Å². The van der Waals surface area contributed by atoms with Crippen LogP contribution >= 0.6 is 11.3 Å². The first-order valence-corrected chi connectivity index (χ1v) is 17.7. The number of ketones is 1. The van der Waals surface area contributed by atoms with E-state index in [-0.39, 0.29) is 37.2 Å². The predicted octanol–water partition coefficient (Wildman–Crippen LogP) is 5.68. The molecule has 2 aliphatic heterocycles. The molecule has 246 valence electrons. The number of Topliss-reactive ketones (excluding diaryl/α,β-unsaturated/α-hetero) is 1. The molecule has 0 saturated carbocycles. The van der Waals surface area contributed by atoms with E-state index in [1.165, 1.54) is 46.8 Å². The molecule has 6 rings (SSSR count). The van der Waals surface area contributed by atoms with Crippen LogP contribution in [0, 0.1) is 5.82 Å². The second-order valence-electron chi connectivity index (χ2n) is 12.1. The molecule has 1 saturated heterocycles. The molecule has 0 radical (unpaired) electrons. The van der Waals surface area contributed by atoms with Crippen LogP contribution in [-0.4, -0.2) is 76.8 Å². The maximum atomic E-state index is 13.9. The van der Waals surface area contributed by atoms with Crippen LogP contribution in [0.1, 0.15) is 57.7 Å². The van der Waals surface area contributed by atoms with Crippen molar-refractivity contribution in [2.75, 3.05) is 32.4 Å². The molecule has 0 bridgehead atoms. The van der Waals surface area contributed by atoms with Crippen LogP contribution in [0.5, 0.6) is 0 Å². The van der Waals surface area contributed by atoms with Crippen molar-refractivity contribution in [3.8, 4) is 11.3 Å². The molecule has 1 atom stereocenters. The second kappa shape index (κ2) is 12.5. The Morgan fingerprint density at radius 3 is 2.41 bits per heavy atom. The Labute approximate surface area is 268 Å². The first-order valence-electron chi connectivity index (χ1n) is 15.0. The Morgan fingerprint density at radius 2 is 1.78 bits per heavy atom. The van der Waals surface area contributed by atoms with Crippen molar-refractivity contribution in [1.29, 1.82) is 0 Å². The molecule has 46 heavy (non-hydrogen) atoms. The van der Waals surface area contributed by atoms with Crippen LogP contribution in [0.25, 0.3) is 21.3 Å². The van der Waals surface area contributed by atoms with Crippen LogP contribution in [0.4, 0.5) is 17.6 Å². The van der Waals surface area contributed by atoms with Crippen molar-refractivity contribution in [1.82, 2.24) is 19.0 Å². The number of piperidine rings is 1. The minimum absolute atomic E-state index is 0.0349. The van der Waals surface area contributed by atoms with Gasteiger partial charge in [0.05, 0.1) is 35.0 Å². The standard InChI is InChI=1S/C32H34F4N4O4S2/c1-19(41)31-29(25-8-7-23(33)15-28(25)45-31)20-9-12-38(13-10-20)16-24(42)17-40-27-11-14-39(46(2,43)44)18-26(27)30(37-40)21-3-5-22(6-4-21)32(34,35)36/h3-8,15,20,24,42H,9-14,16-18H2,1-2H3. The molecule has 1 unspecified atom stereocenters. The summed E-state index contributed by atoms with van der Waals surface area (Å²) < 4.78 is 81.8. The van der Waals surface area contributed by atoms with E-state index in [9.17, 15) is 35.9 Å².